The van der Waals surface area contributed by atoms with Gasteiger partial charge < -0.3 is 24.5 Å². The third-order valence-corrected chi connectivity index (χ3v) is 6.40. The van der Waals surface area contributed by atoms with Gasteiger partial charge in [-0.1, -0.05) is 12.1 Å². The minimum Gasteiger partial charge on any atom is -0.497 e. The quantitative estimate of drug-likeness (QED) is 0.263. The molecule has 1 unspecified atom stereocenters. The maximum atomic E-state index is 10.8. The molecule has 3 aromatic rings. The molecule has 2 heterocycles. The Morgan fingerprint density at radius 1 is 1.16 bits per heavy atom. The first-order valence-corrected chi connectivity index (χ1v) is 11.5. The van der Waals surface area contributed by atoms with Crippen molar-refractivity contribution >= 4 is 17.1 Å². The van der Waals surface area contributed by atoms with Crippen molar-refractivity contribution in [3.63, 3.8) is 0 Å². The molecule has 0 radical (unpaired) electrons. The van der Waals surface area contributed by atoms with E-state index in [0.29, 0.717) is 5.75 Å². The number of likely N-dealkylation sites (tertiary alicyclic amines) is 1. The standard InChI is InChI=1S/C26H32N2O4/c1-31-22-9-7-19(8-10-22)15-20-5-4-14-28(18-20)13-3-2-6-21-17-27-25-12-11-23(16-24(21)25)32-26(29)30/h7-12,16-17,20,27H,2-6,13-15,18H2,1H3,(H,29,30). The predicted molar refractivity (Wildman–Crippen MR) is 126 cm³/mol. The molecule has 1 aliphatic heterocycles. The molecule has 1 fully saturated rings. The van der Waals surface area contributed by atoms with Crippen molar-refractivity contribution in [2.24, 2.45) is 5.92 Å². The van der Waals surface area contributed by atoms with E-state index in [2.05, 4.69) is 34.1 Å². The van der Waals surface area contributed by atoms with E-state index < -0.39 is 6.16 Å². The number of aryl methyl sites for hydroxylation is 1. The number of H-pyrrole nitrogens is 1. The highest BCUT2D eigenvalue weighted by Gasteiger charge is 2.20. The van der Waals surface area contributed by atoms with Gasteiger partial charge in [0.05, 0.1) is 7.11 Å². The van der Waals surface area contributed by atoms with Crippen LogP contribution in [-0.4, -0.2) is 47.9 Å². The van der Waals surface area contributed by atoms with Gasteiger partial charge in [-0.15, -0.1) is 0 Å². The number of benzene rings is 2. The zero-order chi connectivity index (χ0) is 22.3. The molecule has 2 N–H and O–H groups in total. The average Bonchev–Trinajstić information content (AvgIpc) is 3.19. The minimum absolute atomic E-state index is 0.363. The van der Waals surface area contributed by atoms with E-state index in [4.69, 9.17) is 14.6 Å². The SMILES string of the molecule is COc1ccc(CC2CCCN(CCCCc3c[nH]c4ccc(OC(=O)O)cc34)C2)cc1. The monoisotopic (exact) mass is 436 g/mol. The molecule has 0 spiro atoms. The summed E-state index contributed by atoms with van der Waals surface area (Å²) in [5.41, 5.74) is 3.62. The van der Waals surface area contributed by atoms with Crippen molar-refractivity contribution in [3.05, 3.63) is 59.8 Å². The van der Waals surface area contributed by atoms with Crippen LogP contribution in [0.2, 0.25) is 0 Å². The van der Waals surface area contributed by atoms with Crippen LogP contribution in [0, 0.1) is 5.92 Å². The van der Waals surface area contributed by atoms with Gasteiger partial charge in [0.25, 0.3) is 0 Å². The molecule has 0 amide bonds. The van der Waals surface area contributed by atoms with Crippen LogP contribution in [0.5, 0.6) is 11.5 Å². The number of unbranched alkanes of at least 4 members (excludes halogenated alkanes) is 1. The second kappa shape index (κ2) is 10.6. The molecule has 4 rings (SSSR count). The summed E-state index contributed by atoms with van der Waals surface area (Å²) in [6.07, 6.45) is 7.70. The van der Waals surface area contributed by atoms with E-state index in [1.54, 1.807) is 13.2 Å². The van der Waals surface area contributed by atoms with Crippen LogP contribution in [0.3, 0.4) is 0 Å². The first-order valence-electron chi connectivity index (χ1n) is 11.5. The minimum atomic E-state index is -1.28. The number of hydrogen-bond donors (Lipinski definition) is 2. The van der Waals surface area contributed by atoms with Gasteiger partial charge in [0, 0.05) is 23.6 Å². The van der Waals surface area contributed by atoms with Crippen molar-refractivity contribution < 1.29 is 19.4 Å². The molecule has 1 aromatic heterocycles. The Morgan fingerprint density at radius 2 is 1.97 bits per heavy atom. The fraction of sp³-hybridized carbons (Fsp3) is 0.423. The van der Waals surface area contributed by atoms with Gasteiger partial charge in [-0.2, -0.15) is 0 Å². The highest BCUT2D eigenvalue weighted by molar-refractivity contribution is 5.85. The van der Waals surface area contributed by atoms with Gasteiger partial charge in [-0.25, -0.2) is 4.79 Å². The van der Waals surface area contributed by atoms with E-state index in [-0.39, 0.29) is 0 Å². The van der Waals surface area contributed by atoms with Gasteiger partial charge in [0.15, 0.2) is 0 Å². The lowest BCUT2D eigenvalue weighted by atomic mass is 9.91. The molecule has 6 nitrogen and oxygen atoms in total. The molecule has 1 saturated heterocycles. The number of rotatable bonds is 9. The lowest BCUT2D eigenvalue weighted by Crippen LogP contribution is -2.36. The summed E-state index contributed by atoms with van der Waals surface area (Å²) in [6.45, 7) is 3.51. The summed E-state index contributed by atoms with van der Waals surface area (Å²) in [7, 11) is 1.71. The van der Waals surface area contributed by atoms with Crippen molar-refractivity contribution in [2.45, 2.75) is 38.5 Å². The molecule has 0 aliphatic carbocycles. The number of nitrogens with zero attached hydrogens (tertiary/aromatic N) is 1. The highest BCUT2D eigenvalue weighted by atomic mass is 16.7. The average molecular weight is 437 g/mol. The van der Waals surface area contributed by atoms with Crippen molar-refractivity contribution in [1.82, 2.24) is 9.88 Å². The first kappa shape index (κ1) is 22.2. The van der Waals surface area contributed by atoms with Gasteiger partial charge in [0.2, 0.25) is 0 Å². The van der Waals surface area contributed by atoms with Crippen LogP contribution in [0.25, 0.3) is 10.9 Å². The smallest absolute Gasteiger partial charge is 0.497 e. The van der Waals surface area contributed by atoms with E-state index in [0.717, 1.165) is 54.8 Å². The maximum absolute atomic E-state index is 10.8. The molecule has 1 atom stereocenters. The van der Waals surface area contributed by atoms with Crippen LogP contribution < -0.4 is 9.47 Å². The van der Waals surface area contributed by atoms with Crippen LogP contribution in [0.1, 0.15) is 36.8 Å². The van der Waals surface area contributed by atoms with Crippen LogP contribution in [-0.2, 0) is 12.8 Å². The summed E-state index contributed by atoms with van der Waals surface area (Å²) in [5, 5.41) is 9.88. The number of ether oxygens (including phenoxy) is 2. The Morgan fingerprint density at radius 3 is 2.75 bits per heavy atom. The Hall–Kier alpha value is -2.99. The van der Waals surface area contributed by atoms with Gasteiger partial charge in [-0.3, -0.25) is 0 Å². The Balaban J connectivity index is 1.24. The predicted octanol–water partition coefficient (Wildman–Crippen LogP) is 5.51. The number of aromatic amines is 1. The normalized spacial score (nSPS) is 16.8. The third kappa shape index (κ3) is 5.82. The number of fused-ring (bicyclic) bond motifs is 1. The molecule has 1 aliphatic rings. The molecular weight excluding hydrogens is 404 g/mol. The summed E-state index contributed by atoms with van der Waals surface area (Å²) in [5.74, 6) is 2.00. The molecule has 32 heavy (non-hydrogen) atoms. The van der Waals surface area contributed by atoms with E-state index in [1.165, 1.54) is 37.1 Å². The number of methoxy groups -OCH3 is 1. The molecule has 0 bridgehead atoms. The summed E-state index contributed by atoms with van der Waals surface area (Å²) < 4.78 is 10.1. The Bertz CT molecular complexity index is 1030. The molecular formula is C26H32N2O4. The van der Waals surface area contributed by atoms with Gasteiger partial charge in [-0.05, 0) is 99.0 Å². The number of carbonyl (C=O) groups is 1. The zero-order valence-corrected chi connectivity index (χ0v) is 18.7. The molecule has 2 aromatic carbocycles. The topological polar surface area (TPSA) is 74.8 Å². The van der Waals surface area contributed by atoms with E-state index in [1.807, 2.05) is 18.3 Å². The van der Waals surface area contributed by atoms with Crippen LogP contribution >= 0.6 is 0 Å². The fourth-order valence-electron chi connectivity index (χ4n) is 4.80. The van der Waals surface area contributed by atoms with Crippen molar-refractivity contribution in [2.75, 3.05) is 26.7 Å². The van der Waals surface area contributed by atoms with Crippen LogP contribution in [0.4, 0.5) is 4.79 Å². The van der Waals surface area contributed by atoms with Crippen LogP contribution in [0.15, 0.2) is 48.7 Å². The molecule has 6 heteroatoms. The Labute approximate surface area is 189 Å². The number of piperidine rings is 1. The molecule has 170 valence electrons. The maximum Gasteiger partial charge on any atom is 0.511 e. The third-order valence-electron chi connectivity index (χ3n) is 6.40. The Kier molecular flexibility index (Phi) is 7.32. The zero-order valence-electron chi connectivity index (χ0n) is 18.7. The molecule has 0 saturated carbocycles. The van der Waals surface area contributed by atoms with Crippen molar-refractivity contribution in [3.8, 4) is 11.5 Å². The highest BCUT2D eigenvalue weighted by Crippen LogP contribution is 2.26. The van der Waals surface area contributed by atoms with Crippen molar-refractivity contribution in [1.29, 1.82) is 0 Å². The number of carboxylic acid groups (broad SMARTS) is 1. The van der Waals surface area contributed by atoms with Gasteiger partial charge in [0.1, 0.15) is 11.5 Å². The summed E-state index contributed by atoms with van der Waals surface area (Å²) >= 11 is 0. The second-order valence-electron chi connectivity index (χ2n) is 8.71. The number of hydrogen-bond acceptors (Lipinski definition) is 4. The second-order valence-corrected chi connectivity index (χ2v) is 8.71. The van der Waals surface area contributed by atoms with E-state index in [9.17, 15) is 4.79 Å². The number of nitrogens with one attached hydrogen (secondary N) is 1. The largest absolute Gasteiger partial charge is 0.511 e. The summed E-state index contributed by atoms with van der Waals surface area (Å²) in [4.78, 5) is 16.7. The summed E-state index contributed by atoms with van der Waals surface area (Å²) in [6, 6.07) is 13.8. The fourth-order valence-corrected chi connectivity index (χ4v) is 4.80. The van der Waals surface area contributed by atoms with Gasteiger partial charge >= 0.3 is 6.16 Å². The lowest BCUT2D eigenvalue weighted by Gasteiger charge is -2.33. The lowest BCUT2D eigenvalue weighted by molar-refractivity contribution is 0.144. The van der Waals surface area contributed by atoms with E-state index >= 15 is 0 Å². The first-order chi connectivity index (χ1) is 15.6. The number of aromatic nitrogens is 1.